The Bertz CT molecular complexity index is 1500. The third-order valence-electron chi connectivity index (χ3n) is 8.99. The van der Waals surface area contributed by atoms with Crippen molar-refractivity contribution in [3.63, 3.8) is 0 Å². The van der Waals surface area contributed by atoms with Crippen molar-refractivity contribution in [3.05, 3.63) is 52.8 Å². The Kier molecular flexibility index (Phi) is 8.75. The fourth-order valence-electron chi connectivity index (χ4n) is 6.20. The molecule has 6 rings (SSSR count). The van der Waals surface area contributed by atoms with Crippen molar-refractivity contribution < 1.29 is 51.3 Å². The lowest BCUT2D eigenvalue weighted by atomic mass is 9.79. The van der Waals surface area contributed by atoms with Gasteiger partial charge in [0.25, 0.3) is 0 Å². The van der Waals surface area contributed by atoms with Gasteiger partial charge in [-0.15, -0.1) is 16.9 Å². The van der Waals surface area contributed by atoms with Crippen LogP contribution in [-0.4, -0.2) is 84.5 Å². The molecule has 6 atom stereocenters. The van der Waals surface area contributed by atoms with Crippen molar-refractivity contribution in [2.24, 2.45) is 0 Å². The maximum Gasteiger partial charge on any atom is 0.248 e. The number of alkyl halides is 2. The average Bonchev–Trinajstić information content (AvgIpc) is 3.61. The summed E-state index contributed by atoms with van der Waals surface area (Å²) < 4.78 is 88.6. The highest BCUT2D eigenvalue weighted by Gasteiger charge is 2.54. The SMILES string of the molecule is CO[C@@H]1[C@@H](n2cc(-c3cc(F)c(F)c(F)c3)nn2)[C@@H](O)[C@@H](CO)O[C@H]1SC(c1noc(C2CC2)c1C)C1(O)CCC(F)(F)CC1. The molecule has 2 aliphatic carbocycles. The smallest absolute Gasteiger partial charge is 0.248 e. The number of halogens is 5. The molecule has 2 aromatic heterocycles. The summed E-state index contributed by atoms with van der Waals surface area (Å²) in [5.74, 6) is -6.53. The molecule has 3 fully saturated rings. The highest BCUT2D eigenvalue weighted by molar-refractivity contribution is 8.00. The van der Waals surface area contributed by atoms with Gasteiger partial charge in [0.1, 0.15) is 46.9 Å². The second kappa shape index (κ2) is 12.2. The van der Waals surface area contributed by atoms with Crippen molar-refractivity contribution in [2.75, 3.05) is 13.7 Å². The number of nitrogens with zero attached hydrogens (tertiary/aromatic N) is 4. The van der Waals surface area contributed by atoms with Gasteiger partial charge in [-0.05, 0) is 44.7 Å². The molecule has 3 aromatic rings. The summed E-state index contributed by atoms with van der Waals surface area (Å²) >= 11 is 1.06. The fraction of sp³-hybridized carbons (Fsp3) is 0.621. The molecular formula is C29H33F5N4O6S. The Morgan fingerprint density at radius 3 is 2.40 bits per heavy atom. The monoisotopic (exact) mass is 660 g/mol. The van der Waals surface area contributed by atoms with Crippen LogP contribution in [0.2, 0.25) is 0 Å². The van der Waals surface area contributed by atoms with Crippen LogP contribution in [0.5, 0.6) is 0 Å². The van der Waals surface area contributed by atoms with Gasteiger partial charge in [0, 0.05) is 37.0 Å². The first-order chi connectivity index (χ1) is 21.4. The molecule has 10 nitrogen and oxygen atoms in total. The lowest BCUT2D eigenvalue weighted by molar-refractivity contribution is -0.186. The Morgan fingerprint density at radius 1 is 1.13 bits per heavy atom. The van der Waals surface area contributed by atoms with Gasteiger partial charge in [0.15, 0.2) is 17.5 Å². The molecule has 0 amide bonds. The van der Waals surface area contributed by atoms with E-state index in [0.29, 0.717) is 17.0 Å². The van der Waals surface area contributed by atoms with Gasteiger partial charge in [0.2, 0.25) is 5.92 Å². The topological polar surface area (TPSA) is 136 Å². The highest BCUT2D eigenvalue weighted by Crippen LogP contribution is 2.54. The minimum absolute atomic E-state index is 0.0350. The zero-order valence-corrected chi connectivity index (χ0v) is 25.2. The zero-order valence-electron chi connectivity index (χ0n) is 24.4. The molecule has 3 N–H and O–H groups in total. The van der Waals surface area contributed by atoms with E-state index in [-0.39, 0.29) is 30.0 Å². The number of rotatable bonds is 9. The van der Waals surface area contributed by atoms with E-state index < -0.39 is 83.5 Å². The van der Waals surface area contributed by atoms with Crippen LogP contribution in [0.25, 0.3) is 11.3 Å². The number of benzene rings is 1. The number of thioether (sulfide) groups is 1. The molecule has 0 radical (unpaired) electrons. The number of hydrogen-bond donors (Lipinski definition) is 3. The summed E-state index contributed by atoms with van der Waals surface area (Å²) in [5, 5.41) is 44.6. The van der Waals surface area contributed by atoms with Crippen molar-refractivity contribution >= 4 is 11.8 Å². The Balaban J connectivity index is 1.35. The number of hydrogen-bond acceptors (Lipinski definition) is 10. The molecule has 3 heterocycles. The molecule has 1 aromatic carbocycles. The molecule has 1 unspecified atom stereocenters. The van der Waals surface area contributed by atoms with E-state index in [4.69, 9.17) is 14.0 Å². The summed E-state index contributed by atoms with van der Waals surface area (Å²) in [6.45, 7) is 1.18. The lowest BCUT2D eigenvalue weighted by Crippen LogP contribution is -2.56. The molecule has 1 saturated heterocycles. The van der Waals surface area contributed by atoms with E-state index in [2.05, 4.69) is 15.5 Å². The van der Waals surface area contributed by atoms with Crippen LogP contribution in [0.1, 0.15) is 72.8 Å². The molecule has 45 heavy (non-hydrogen) atoms. The predicted molar refractivity (Wildman–Crippen MR) is 149 cm³/mol. The largest absolute Gasteiger partial charge is 0.394 e. The molecule has 1 aliphatic heterocycles. The normalized spacial score (nSPS) is 28.7. The van der Waals surface area contributed by atoms with Gasteiger partial charge >= 0.3 is 0 Å². The molecular weight excluding hydrogens is 627 g/mol. The van der Waals surface area contributed by atoms with E-state index >= 15 is 0 Å². The van der Waals surface area contributed by atoms with Crippen LogP contribution in [-0.2, 0) is 9.47 Å². The van der Waals surface area contributed by atoms with E-state index in [0.717, 1.165) is 36.7 Å². The minimum atomic E-state index is -2.92. The van der Waals surface area contributed by atoms with Crippen molar-refractivity contribution in [1.29, 1.82) is 0 Å². The number of aliphatic hydroxyl groups excluding tert-OH is 2. The van der Waals surface area contributed by atoms with Crippen molar-refractivity contribution in [3.8, 4) is 11.3 Å². The van der Waals surface area contributed by atoms with Crippen LogP contribution in [0.3, 0.4) is 0 Å². The van der Waals surface area contributed by atoms with Crippen LogP contribution in [0.4, 0.5) is 22.0 Å². The fourth-order valence-corrected chi connectivity index (χ4v) is 7.94. The Morgan fingerprint density at radius 2 is 1.80 bits per heavy atom. The molecule has 2 saturated carbocycles. The highest BCUT2D eigenvalue weighted by atomic mass is 32.2. The standard InChI is InChI=1S/C29H33F5N4O6S/c1-13-21(36-44-24(13)14-3-4-14)26(28(41)5-7-29(33,34)8-6-28)45-27-25(42-2)22(23(40)19(12-39)43-27)38-11-18(35-37-38)15-9-16(30)20(32)17(31)10-15/h9-11,14,19,22-23,25-27,39-41H,3-8,12H2,1-2H3/t19-,22+,23+,25-,26?,27+/m1/s1. The van der Waals surface area contributed by atoms with Gasteiger partial charge in [-0.3, -0.25) is 0 Å². The maximum absolute atomic E-state index is 14.2. The second-order valence-electron chi connectivity index (χ2n) is 12.1. The van der Waals surface area contributed by atoms with Crippen LogP contribution < -0.4 is 0 Å². The van der Waals surface area contributed by atoms with Gasteiger partial charge in [0.05, 0.1) is 23.7 Å². The summed E-state index contributed by atoms with van der Waals surface area (Å²) in [7, 11) is 1.35. The quantitative estimate of drug-likeness (QED) is 0.221. The molecule has 3 aliphatic rings. The summed E-state index contributed by atoms with van der Waals surface area (Å²) in [5.41, 5.74) is -1.70. The number of ether oxygens (including phenoxy) is 2. The minimum Gasteiger partial charge on any atom is -0.394 e. The molecule has 246 valence electrons. The summed E-state index contributed by atoms with van der Waals surface area (Å²) in [4.78, 5) is 0. The Labute approximate surface area is 258 Å². The summed E-state index contributed by atoms with van der Waals surface area (Å²) in [6.07, 6.45) is -2.00. The van der Waals surface area contributed by atoms with Gasteiger partial charge < -0.3 is 29.3 Å². The number of aliphatic hydroxyl groups is 3. The van der Waals surface area contributed by atoms with Gasteiger partial charge in [-0.2, -0.15) is 0 Å². The van der Waals surface area contributed by atoms with Crippen LogP contribution in [0.15, 0.2) is 22.9 Å². The van der Waals surface area contributed by atoms with Crippen molar-refractivity contribution in [1.82, 2.24) is 20.2 Å². The number of aromatic nitrogens is 4. The van der Waals surface area contributed by atoms with Gasteiger partial charge in [-0.1, -0.05) is 10.4 Å². The van der Waals surface area contributed by atoms with E-state index in [9.17, 15) is 37.3 Å². The first kappa shape index (κ1) is 32.3. The first-order valence-electron chi connectivity index (χ1n) is 14.6. The maximum atomic E-state index is 14.2. The summed E-state index contributed by atoms with van der Waals surface area (Å²) in [6, 6.07) is 0.428. The third-order valence-corrected chi connectivity index (χ3v) is 10.6. The molecule has 0 spiro atoms. The zero-order chi connectivity index (χ0) is 32.3. The number of methoxy groups -OCH3 is 1. The van der Waals surface area contributed by atoms with Crippen LogP contribution >= 0.6 is 11.8 Å². The van der Waals surface area contributed by atoms with Gasteiger partial charge in [-0.25, -0.2) is 26.6 Å². The molecule has 16 heteroatoms. The average molecular weight is 661 g/mol. The van der Waals surface area contributed by atoms with Crippen molar-refractivity contribution in [2.45, 2.75) is 97.9 Å². The van der Waals surface area contributed by atoms with E-state index in [1.807, 2.05) is 6.92 Å². The Hall–Kier alpha value is -2.63. The van der Waals surface area contributed by atoms with Crippen LogP contribution in [0, 0.1) is 24.4 Å². The third kappa shape index (κ3) is 6.12. The van der Waals surface area contributed by atoms with E-state index in [1.54, 1.807) is 0 Å². The lowest BCUT2D eigenvalue weighted by Gasteiger charge is -2.46. The second-order valence-corrected chi connectivity index (χ2v) is 13.3. The van der Waals surface area contributed by atoms with E-state index in [1.165, 1.54) is 18.0 Å². The molecule has 0 bridgehead atoms. The predicted octanol–water partition coefficient (Wildman–Crippen LogP) is 4.59. The first-order valence-corrected chi connectivity index (χ1v) is 15.6.